The minimum atomic E-state index is 0. The quantitative estimate of drug-likeness (QED) is 0.481. The zero-order valence-corrected chi connectivity index (χ0v) is 10.4. The van der Waals surface area contributed by atoms with E-state index in [0.717, 1.165) is 5.92 Å². The first kappa shape index (κ1) is 23.4. The van der Waals surface area contributed by atoms with Gasteiger partial charge in [-0.25, -0.2) is 0 Å². The normalized spacial score (nSPS) is 8.15. The number of hydrogen-bond donors (Lipinski definition) is 0. The zero-order chi connectivity index (χ0) is 7.82. The van der Waals surface area contributed by atoms with Crippen LogP contribution < -0.4 is 0 Å². The summed E-state index contributed by atoms with van der Waals surface area (Å²) in [5.41, 5.74) is 0. The maximum atomic E-state index is 2.31. The molecule has 0 unspecified atom stereocenters. The van der Waals surface area contributed by atoms with Gasteiger partial charge in [0.15, 0.2) is 0 Å². The predicted molar refractivity (Wildman–Crippen MR) is 53.6 cm³/mol. The maximum Gasteiger partial charge on any atom is -0.412 e. The third-order valence-electron chi connectivity index (χ3n) is 1.71. The van der Waals surface area contributed by atoms with Crippen LogP contribution in [-0.2, 0) is 20.4 Å². The van der Waals surface area contributed by atoms with Crippen LogP contribution in [0.4, 0.5) is 0 Å². The first-order valence-electron chi connectivity index (χ1n) is 4.42. The van der Waals surface area contributed by atoms with Gasteiger partial charge in [-0.3, -0.25) is 0 Å². The molecule has 0 aromatic heterocycles. The van der Waals surface area contributed by atoms with Crippen molar-refractivity contribution in [2.24, 2.45) is 5.92 Å². The van der Waals surface area contributed by atoms with Crippen molar-refractivity contribution in [1.82, 2.24) is 0 Å². The molecular formula is C9H25O3Ti. The molecule has 0 rings (SSSR count). The Morgan fingerprint density at radius 1 is 0.846 bits per heavy atom. The van der Waals surface area contributed by atoms with Crippen molar-refractivity contribution in [1.29, 1.82) is 0 Å². The minimum Gasteiger partial charge on any atom is -0.412 e. The fourth-order valence-electron chi connectivity index (χ4n) is 1.03. The average molecular weight is 229 g/mol. The molecule has 0 heterocycles. The Bertz CT molecular complexity index is 69.9. The van der Waals surface area contributed by atoms with Crippen LogP contribution in [0.1, 0.15) is 46.0 Å². The van der Waals surface area contributed by atoms with Gasteiger partial charge >= 0.3 is 77.0 Å². The Morgan fingerprint density at radius 3 is 1.69 bits per heavy atom. The largest absolute Gasteiger partial charge is 0.412 e. The molecule has 0 bridgehead atoms. The second-order valence-corrected chi connectivity index (χ2v) is 4.13. The van der Waals surface area contributed by atoms with Gasteiger partial charge in [-0.1, -0.05) is 0 Å². The minimum absolute atomic E-state index is 0. The Balaban J connectivity index is -0.000000135. The van der Waals surface area contributed by atoms with Crippen molar-refractivity contribution in [2.75, 3.05) is 0 Å². The van der Waals surface area contributed by atoms with Crippen molar-refractivity contribution in [3.8, 4) is 0 Å². The molecule has 6 N–H and O–H groups in total. The van der Waals surface area contributed by atoms with Gasteiger partial charge in [0.25, 0.3) is 0 Å². The summed E-state index contributed by atoms with van der Waals surface area (Å²) in [5, 5.41) is 0. The van der Waals surface area contributed by atoms with Crippen LogP contribution in [0.15, 0.2) is 0 Å². The van der Waals surface area contributed by atoms with E-state index in [0.29, 0.717) is 0 Å². The van der Waals surface area contributed by atoms with Crippen LogP contribution >= 0.6 is 0 Å². The van der Waals surface area contributed by atoms with Gasteiger partial charge in [-0.15, -0.1) is 0 Å². The number of rotatable bonds is 6. The molecule has 3 nitrogen and oxygen atoms in total. The fraction of sp³-hybridized carbons (Fsp3) is 1.00. The summed E-state index contributed by atoms with van der Waals surface area (Å²) in [4.78, 5) is 0. The van der Waals surface area contributed by atoms with Crippen LogP contribution in [-0.4, -0.2) is 16.4 Å². The molecule has 13 heavy (non-hydrogen) atoms. The summed E-state index contributed by atoms with van der Waals surface area (Å²) >= 11 is 2.27. The van der Waals surface area contributed by atoms with Gasteiger partial charge in [0.2, 0.25) is 0 Å². The fourth-order valence-corrected chi connectivity index (χ4v) is 1.42. The standard InChI is InChI=1S/C9H19.3H2O.Ti/c1-4-5-6-7-8-9(2)3;;;;/h9H,1,4-8H2,2-3H3;3*1H2;. The van der Waals surface area contributed by atoms with Gasteiger partial charge in [0.05, 0.1) is 0 Å². The van der Waals surface area contributed by atoms with E-state index in [-0.39, 0.29) is 16.4 Å². The third-order valence-corrected chi connectivity index (χ3v) is 2.26. The topological polar surface area (TPSA) is 94.5 Å². The molecule has 4 heteroatoms. The average Bonchev–Trinajstić information content (AvgIpc) is 1.87. The number of unbranched alkanes of at least 4 members (excludes halogenated alkanes) is 3. The van der Waals surface area contributed by atoms with E-state index >= 15 is 0 Å². The summed E-state index contributed by atoms with van der Waals surface area (Å²) in [5.74, 6) is 0.904. The number of hydrogen-bond acceptors (Lipinski definition) is 0. The molecule has 0 aliphatic heterocycles. The van der Waals surface area contributed by atoms with Crippen LogP contribution in [0.25, 0.3) is 0 Å². The molecule has 0 saturated heterocycles. The predicted octanol–water partition coefficient (Wildman–Crippen LogP) is 1.08. The van der Waals surface area contributed by atoms with Crippen molar-refractivity contribution in [2.45, 2.75) is 50.7 Å². The van der Waals surface area contributed by atoms with Gasteiger partial charge in [-0.05, 0) is 0 Å². The summed E-state index contributed by atoms with van der Waals surface area (Å²) < 4.78 is 1.36. The molecule has 0 saturated carbocycles. The molecule has 0 fully saturated rings. The Labute approximate surface area is 93.6 Å². The first-order chi connectivity index (χ1) is 4.77. The summed E-state index contributed by atoms with van der Waals surface area (Å²) in [6.45, 7) is 4.61. The first-order valence-corrected chi connectivity index (χ1v) is 5.52. The van der Waals surface area contributed by atoms with E-state index in [9.17, 15) is 0 Å². The molecule has 0 radical (unpaired) electrons. The molecule has 0 aliphatic rings. The molecule has 0 spiro atoms. The van der Waals surface area contributed by atoms with Crippen molar-refractivity contribution >= 4 is 0 Å². The molecule has 83 valence electrons. The van der Waals surface area contributed by atoms with Crippen molar-refractivity contribution < 1.29 is 36.9 Å². The van der Waals surface area contributed by atoms with E-state index in [1.807, 2.05) is 0 Å². The Morgan fingerprint density at radius 2 is 1.31 bits per heavy atom. The summed E-state index contributed by atoms with van der Waals surface area (Å²) in [6, 6.07) is 0. The Hall–Kier alpha value is 0.594. The molecule has 0 aliphatic carbocycles. The van der Waals surface area contributed by atoms with Gasteiger partial charge in [0, 0.05) is 0 Å². The second kappa shape index (κ2) is 18.4. The van der Waals surface area contributed by atoms with Crippen LogP contribution in [0.2, 0.25) is 4.73 Å². The smallest absolute Gasteiger partial charge is 0.412 e. The van der Waals surface area contributed by atoms with E-state index in [1.54, 1.807) is 0 Å². The SMILES string of the molecule is CC(C)CCCCC[CH2][Ti].O.O.O. The monoisotopic (exact) mass is 229 g/mol. The second-order valence-electron chi connectivity index (χ2n) is 3.35. The van der Waals surface area contributed by atoms with E-state index < -0.39 is 0 Å². The molecular weight excluding hydrogens is 204 g/mol. The van der Waals surface area contributed by atoms with E-state index in [4.69, 9.17) is 0 Å². The van der Waals surface area contributed by atoms with E-state index in [2.05, 4.69) is 34.3 Å². The molecule has 0 atom stereocenters. The van der Waals surface area contributed by atoms with Crippen LogP contribution in [0, 0.1) is 5.92 Å². The van der Waals surface area contributed by atoms with Crippen LogP contribution in [0.5, 0.6) is 0 Å². The molecule has 0 amide bonds. The van der Waals surface area contributed by atoms with Crippen molar-refractivity contribution in [3.63, 3.8) is 0 Å². The maximum absolute atomic E-state index is 2.31. The summed E-state index contributed by atoms with van der Waals surface area (Å²) in [7, 11) is 0. The molecule has 0 aromatic rings. The van der Waals surface area contributed by atoms with Crippen molar-refractivity contribution in [3.05, 3.63) is 0 Å². The van der Waals surface area contributed by atoms with Gasteiger partial charge in [0.1, 0.15) is 0 Å². The summed E-state index contributed by atoms with van der Waals surface area (Å²) in [6.07, 6.45) is 7.19. The van der Waals surface area contributed by atoms with E-state index in [1.165, 1.54) is 36.8 Å². The van der Waals surface area contributed by atoms with Gasteiger partial charge < -0.3 is 16.4 Å². The third kappa shape index (κ3) is 24.5. The Kier molecular flexibility index (Phi) is 33.1. The molecule has 0 aromatic carbocycles. The zero-order valence-electron chi connectivity index (χ0n) is 8.82. The van der Waals surface area contributed by atoms with Crippen LogP contribution in [0.3, 0.4) is 0 Å². The van der Waals surface area contributed by atoms with Gasteiger partial charge in [-0.2, -0.15) is 0 Å².